The van der Waals surface area contributed by atoms with E-state index in [2.05, 4.69) is 32.2 Å². The van der Waals surface area contributed by atoms with E-state index >= 15 is 0 Å². The molecule has 2 bridgehead atoms. The normalized spacial score (nSPS) is 39.3. The highest BCUT2D eigenvalue weighted by Crippen LogP contribution is 2.51. The Morgan fingerprint density at radius 2 is 2.20 bits per heavy atom. The highest BCUT2D eigenvalue weighted by atomic mass is 15.1. The molecule has 0 spiro atoms. The van der Waals surface area contributed by atoms with Gasteiger partial charge < -0.3 is 0 Å². The fourth-order valence-corrected chi connectivity index (χ4v) is 3.34. The van der Waals surface area contributed by atoms with E-state index in [1.807, 2.05) is 0 Å². The summed E-state index contributed by atoms with van der Waals surface area (Å²) in [6.07, 6.45) is 6.04. The van der Waals surface area contributed by atoms with E-state index in [4.69, 9.17) is 0 Å². The number of hydrogen-bond acceptors (Lipinski definition) is 2. The molecule has 2 heteroatoms. The molecule has 3 atom stereocenters. The molecule has 0 aliphatic heterocycles. The molecule has 2 aliphatic rings. The summed E-state index contributed by atoms with van der Waals surface area (Å²) in [5.74, 6) is 1.42. The van der Waals surface area contributed by atoms with Crippen molar-refractivity contribution in [3.63, 3.8) is 0 Å². The van der Waals surface area contributed by atoms with E-state index in [1.54, 1.807) is 0 Å². The Morgan fingerprint density at radius 1 is 1.47 bits per heavy atom. The molecule has 2 fully saturated rings. The molecule has 0 amide bonds. The van der Waals surface area contributed by atoms with E-state index in [0.717, 1.165) is 18.8 Å². The molecule has 0 radical (unpaired) electrons. The third kappa shape index (κ3) is 1.78. The predicted octanol–water partition coefficient (Wildman–Crippen LogP) is 2.85. The Kier molecular flexibility index (Phi) is 2.55. The third-order valence-electron chi connectivity index (χ3n) is 4.49. The van der Waals surface area contributed by atoms with Crippen LogP contribution in [0.2, 0.25) is 0 Å². The molecule has 0 aromatic rings. The van der Waals surface area contributed by atoms with Crippen molar-refractivity contribution in [1.82, 2.24) is 5.32 Å². The molecule has 2 aliphatic carbocycles. The lowest BCUT2D eigenvalue weighted by molar-refractivity contribution is 0.202. The van der Waals surface area contributed by atoms with Crippen LogP contribution in [0.5, 0.6) is 0 Å². The van der Waals surface area contributed by atoms with Crippen LogP contribution in [0, 0.1) is 23.2 Å². The van der Waals surface area contributed by atoms with Gasteiger partial charge in [0.1, 0.15) is 5.54 Å². The lowest BCUT2D eigenvalue weighted by atomic mass is 9.80. The number of nitrogens with zero attached hydrogens (tertiary/aromatic N) is 1. The lowest BCUT2D eigenvalue weighted by Crippen LogP contribution is -2.57. The van der Waals surface area contributed by atoms with Crippen molar-refractivity contribution in [2.75, 3.05) is 0 Å². The molecule has 0 heterocycles. The Bertz CT molecular complexity index is 289. The second-order valence-electron chi connectivity index (χ2n) is 6.03. The fourth-order valence-electron chi connectivity index (χ4n) is 3.34. The molecular weight excluding hydrogens is 184 g/mol. The molecule has 2 rings (SSSR count). The molecule has 2 saturated carbocycles. The van der Waals surface area contributed by atoms with E-state index in [9.17, 15) is 5.26 Å². The molecular formula is C13H22N2. The quantitative estimate of drug-likeness (QED) is 0.770. The van der Waals surface area contributed by atoms with Crippen molar-refractivity contribution in [3.05, 3.63) is 0 Å². The third-order valence-corrected chi connectivity index (χ3v) is 4.49. The van der Waals surface area contributed by atoms with Crippen molar-refractivity contribution >= 4 is 0 Å². The highest BCUT2D eigenvalue weighted by Gasteiger charge is 2.52. The monoisotopic (exact) mass is 206 g/mol. The van der Waals surface area contributed by atoms with Gasteiger partial charge in [-0.2, -0.15) is 5.26 Å². The van der Waals surface area contributed by atoms with Crippen LogP contribution in [-0.4, -0.2) is 11.1 Å². The maximum absolute atomic E-state index is 9.48. The van der Waals surface area contributed by atoms with Gasteiger partial charge >= 0.3 is 0 Å². The maximum Gasteiger partial charge on any atom is 0.110 e. The molecule has 15 heavy (non-hydrogen) atoms. The zero-order chi connectivity index (χ0) is 11.1. The molecule has 2 nitrogen and oxygen atoms in total. The standard InChI is InChI=1S/C13H22N2/c1-4-12(2,3)15-13(9-14)8-10-5-6-11(13)7-10/h10-11,15H,4-8H2,1-3H3/t10-,11+,13?/m0/s1. The van der Waals surface area contributed by atoms with Gasteiger partial charge in [-0.15, -0.1) is 0 Å². The predicted molar refractivity (Wildman–Crippen MR) is 61.3 cm³/mol. The second kappa shape index (κ2) is 3.49. The maximum atomic E-state index is 9.48. The Hall–Kier alpha value is -0.550. The van der Waals surface area contributed by atoms with Gasteiger partial charge in [-0.1, -0.05) is 6.92 Å². The molecule has 84 valence electrons. The highest BCUT2D eigenvalue weighted by molar-refractivity contribution is 5.19. The van der Waals surface area contributed by atoms with Crippen molar-refractivity contribution in [2.45, 2.75) is 64.0 Å². The molecule has 1 unspecified atom stereocenters. The number of fused-ring (bicyclic) bond motifs is 2. The zero-order valence-corrected chi connectivity index (χ0v) is 10.1. The summed E-state index contributed by atoms with van der Waals surface area (Å²) in [5.41, 5.74) is -0.108. The summed E-state index contributed by atoms with van der Waals surface area (Å²) < 4.78 is 0. The van der Waals surface area contributed by atoms with Gasteiger partial charge in [-0.3, -0.25) is 5.32 Å². The van der Waals surface area contributed by atoms with Gasteiger partial charge in [-0.25, -0.2) is 0 Å². The van der Waals surface area contributed by atoms with Crippen LogP contribution in [0.1, 0.15) is 52.9 Å². The smallest absolute Gasteiger partial charge is 0.110 e. The van der Waals surface area contributed by atoms with Gasteiger partial charge in [0.15, 0.2) is 0 Å². The summed E-state index contributed by atoms with van der Waals surface area (Å²) in [4.78, 5) is 0. The van der Waals surface area contributed by atoms with Crippen molar-refractivity contribution in [3.8, 4) is 6.07 Å². The van der Waals surface area contributed by atoms with Crippen molar-refractivity contribution < 1.29 is 0 Å². The number of nitriles is 1. The summed E-state index contributed by atoms with van der Waals surface area (Å²) in [6.45, 7) is 6.60. The summed E-state index contributed by atoms with van der Waals surface area (Å²) in [5, 5.41) is 13.1. The fraction of sp³-hybridized carbons (Fsp3) is 0.923. The van der Waals surface area contributed by atoms with Crippen molar-refractivity contribution in [2.24, 2.45) is 11.8 Å². The Morgan fingerprint density at radius 3 is 2.60 bits per heavy atom. The van der Waals surface area contributed by atoms with Crippen LogP contribution in [0.3, 0.4) is 0 Å². The van der Waals surface area contributed by atoms with E-state index in [1.165, 1.54) is 19.3 Å². The first-order valence-corrected chi connectivity index (χ1v) is 6.22. The minimum Gasteiger partial charge on any atom is -0.294 e. The van der Waals surface area contributed by atoms with Gasteiger partial charge in [0, 0.05) is 5.54 Å². The first-order valence-electron chi connectivity index (χ1n) is 6.22. The zero-order valence-electron chi connectivity index (χ0n) is 10.1. The molecule has 0 aromatic carbocycles. The first-order chi connectivity index (χ1) is 7.01. The van der Waals surface area contributed by atoms with Gasteiger partial charge in [-0.05, 0) is 57.8 Å². The van der Waals surface area contributed by atoms with Gasteiger partial charge in [0.05, 0.1) is 6.07 Å². The van der Waals surface area contributed by atoms with Gasteiger partial charge in [0.2, 0.25) is 0 Å². The Labute approximate surface area is 93.0 Å². The first kappa shape index (κ1) is 11.0. The minimum atomic E-state index is -0.206. The van der Waals surface area contributed by atoms with Crippen LogP contribution < -0.4 is 5.32 Å². The lowest BCUT2D eigenvalue weighted by Gasteiger charge is -2.39. The largest absolute Gasteiger partial charge is 0.294 e. The summed E-state index contributed by atoms with van der Waals surface area (Å²) in [7, 11) is 0. The second-order valence-corrected chi connectivity index (χ2v) is 6.03. The summed E-state index contributed by atoms with van der Waals surface area (Å²) in [6, 6.07) is 2.59. The van der Waals surface area contributed by atoms with Gasteiger partial charge in [0.25, 0.3) is 0 Å². The average Bonchev–Trinajstić information content (AvgIpc) is 2.77. The number of hydrogen-bond donors (Lipinski definition) is 1. The van der Waals surface area contributed by atoms with Crippen LogP contribution in [0.25, 0.3) is 0 Å². The summed E-state index contributed by atoms with van der Waals surface area (Å²) >= 11 is 0. The SMILES string of the molecule is CCC(C)(C)NC1(C#N)C[C@H]2CC[C@@H]1C2. The topological polar surface area (TPSA) is 35.8 Å². The van der Waals surface area contributed by atoms with Crippen LogP contribution in [0.4, 0.5) is 0 Å². The van der Waals surface area contributed by atoms with E-state index < -0.39 is 0 Å². The molecule has 0 aromatic heterocycles. The van der Waals surface area contributed by atoms with E-state index in [0.29, 0.717) is 5.92 Å². The van der Waals surface area contributed by atoms with Crippen molar-refractivity contribution in [1.29, 1.82) is 5.26 Å². The van der Waals surface area contributed by atoms with Crippen LogP contribution >= 0.6 is 0 Å². The average molecular weight is 206 g/mol. The van der Waals surface area contributed by atoms with Crippen LogP contribution in [0.15, 0.2) is 0 Å². The molecule has 0 saturated heterocycles. The molecule has 1 N–H and O–H groups in total. The number of rotatable bonds is 3. The minimum absolute atomic E-state index is 0.0974. The Balaban J connectivity index is 2.15. The van der Waals surface area contributed by atoms with Crippen LogP contribution in [-0.2, 0) is 0 Å². The number of nitrogens with one attached hydrogen (secondary N) is 1. The van der Waals surface area contributed by atoms with E-state index in [-0.39, 0.29) is 11.1 Å².